The van der Waals surface area contributed by atoms with Crippen molar-refractivity contribution in [1.29, 1.82) is 0 Å². The molecule has 4 aromatic heterocycles. The highest BCUT2D eigenvalue weighted by Crippen LogP contribution is 2.28. The minimum Gasteiger partial charge on any atom is -0.459 e. The zero-order chi connectivity index (χ0) is 44.1. The molecule has 14 heteroatoms. The van der Waals surface area contributed by atoms with Crippen LogP contribution in [-0.2, 0) is 45.1 Å². The van der Waals surface area contributed by atoms with E-state index >= 15 is 0 Å². The van der Waals surface area contributed by atoms with Crippen molar-refractivity contribution in [3.63, 3.8) is 0 Å². The molecule has 320 valence electrons. The van der Waals surface area contributed by atoms with Crippen LogP contribution >= 0.6 is 0 Å². The van der Waals surface area contributed by atoms with E-state index in [-0.39, 0.29) is 29.7 Å². The van der Waals surface area contributed by atoms with Gasteiger partial charge in [-0.05, 0) is 112 Å². The molecule has 0 fully saturated rings. The molecule has 0 saturated heterocycles. The molecule has 0 radical (unpaired) electrons. The van der Waals surface area contributed by atoms with Gasteiger partial charge in [-0.25, -0.2) is 9.97 Å². The molecule has 4 amide bonds. The number of nitrogens with zero attached hydrogens (tertiary/aromatic N) is 5. The number of para-hydroxylation sites is 2. The lowest BCUT2D eigenvalue weighted by Crippen LogP contribution is -2.38. The second kappa shape index (κ2) is 18.8. The Kier molecular flexibility index (Phi) is 13.1. The summed E-state index contributed by atoms with van der Waals surface area (Å²) in [5, 5.41) is 7.78. The second-order valence-electron chi connectivity index (χ2n) is 16.0. The van der Waals surface area contributed by atoms with Gasteiger partial charge in [0.2, 0.25) is 23.6 Å². The number of furan rings is 2. The van der Waals surface area contributed by atoms with Crippen molar-refractivity contribution in [1.82, 2.24) is 24.7 Å². The second-order valence-corrected chi connectivity index (χ2v) is 16.0. The van der Waals surface area contributed by atoms with Crippen molar-refractivity contribution in [3.05, 3.63) is 130 Å². The highest BCUT2D eigenvalue weighted by Gasteiger charge is 2.26. The fraction of sp³-hybridized carbons (Fsp3) is 0.292. The maximum atomic E-state index is 12.7. The van der Waals surface area contributed by atoms with E-state index in [4.69, 9.17) is 14.6 Å². The largest absolute Gasteiger partial charge is 0.459 e. The number of nitrogens with one attached hydrogen (secondary N) is 2. The lowest BCUT2D eigenvalue weighted by Gasteiger charge is -2.20. The number of hydrogen-bond acceptors (Lipinski definition) is 10. The molecule has 6 aromatic rings. The number of aromatic nitrogens is 2. The molecule has 0 spiro atoms. The monoisotopic (exact) mass is 836 g/mol. The van der Waals surface area contributed by atoms with Crippen LogP contribution in [0.1, 0.15) is 57.7 Å². The molecule has 4 N–H and O–H groups in total. The molecule has 2 aliphatic heterocycles. The van der Waals surface area contributed by atoms with Gasteiger partial charge in [0.1, 0.15) is 34.3 Å². The number of aryl methyl sites for hydroxylation is 4. The Hall–Kier alpha value is -6.90. The summed E-state index contributed by atoms with van der Waals surface area (Å²) in [7, 11) is 7.30. The number of benzene rings is 2. The highest BCUT2D eigenvalue weighted by atomic mass is 16.3. The smallest absolute Gasteiger partial charge is 0.246 e. The summed E-state index contributed by atoms with van der Waals surface area (Å²) in [4.78, 5) is 63.3. The standard InChI is InChI=1S/C25H28N4O3.C23H24N4O3/c1-16-19-7-5-6-8-21(19)32-22(16)15-29(4)23(30)12-9-17-13-18-10-11-20(28(2)3)25(31)27-24(18)26-14-17;1-14-17-5-3-4-6-19(17)30-20(14)13-27(2)21(28)10-7-15-11-16-8-9-18(24)23(29)26-22(16)25-12-15/h5-9,12-14,20H,10-11,15H2,1-4H3,(H,26,27,31);3-7,10-12,18H,8-9,13,24H2,1-2H3,(H,25,26,29)/b12-9+;10-7+/t;18-/m.0/s1. The molecule has 1 unspecified atom stereocenters. The Morgan fingerprint density at radius 3 is 1.63 bits per heavy atom. The van der Waals surface area contributed by atoms with Crippen molar-refractivity contribution < 1.29 is 28.0 Å². The van der Waals surface area contributed by atoms with Crippen LogP contribution in [0.2, 0.25) is 0 Å². The number of pyridine rings is 2. The van der Waals surface area contributed by atoms with Crippen LogP contribution in [-0.4, -0.2) is 88.6 Å². The van der Waals surface area contributed by atoms with Gasteiger partial charge < -0.3 is 35.0 Å². The summed E-state index contributed by atoms with van der Waals surface area (Å²) in [5.41, 5.74) is 13.1. The Bertz CT molecular complexity index is 2710. The SMILES string of the molecule is Cc1c(CN(C)C(=O)/C=C/c2cnc3c(c2)CCC(N(C)C)C(=O)N3)oc2ccccc12.Cc1c(CN(C)C(=O)/C=C/c2cnc3c(c2)CC[C@H](N)C(=O)N3)oc2ccccc12. The van der Waals surface area contributed by atoms with Gasteiger partial charge in [0.15, 0.2) is 0 Å². The zero-order valence-corrected chi connectivity index (χ0v) is 35.9. The summed E-state index contributed by atoms with van der Waals surface area (Å²) >= 11 is 0. The fourth-order valence-electron chi connectivity index (χ4n) is 7.54. The quantitative estimate of drug-likeness (QED) is 0.134. The molecule has 14 nitrogen and oxygen atoms in total. The molecule has 0 bridgehead atoms. The molecular formula is C48H52N8O6. The summed E-state index contributed by atoms with van der Waals surface area (Å²) in [5.74, 6) is 2.17. The maximum Gasteiger partial charge on any atom is 0.246 e. The van der Waals surface area contributed by atoms with Crippen LogP contribution in [0.15, 0.2) is 94.0 Å². The van der Waals surface area contributed by atoms with Crippen LogP contribution < -0.4 is 16.4 Å². The van der Waals surface area contributed by atoms with Gasteiger partial charge in [0.05, 0.1) is 25.2 Å². The Morgan fingerprint density at radius 1 is 0.710 bits per heavy atom. The predicted octanol–water partition coefficient (Wildman–Crippen LogP) is 6.64. The van der Waals surface area contributed by atoms with Crippen LogP contribution in [0.25, 0.3) is 34.1 Å². The van der Waals surface area contributed by atoms with Crippen LogP contribution in [0.3, 0.4) is 0 Å². The van der Waals surface area contributed by atoms with Crippen molar-refractivity contribution in [2.45, 2.75) is 64.7 Å². The first-order chi connectivity index (χ1) is 29.7. The number of fused-ring (bicyclic) bond motifs is 4. The third-order valence-corrected chi connectivity index (χ3v) is 11.4. The van der Waals surface area contributed by atoms with Gasteiger partial charge in [0, 0.05) is 60.5 Å². The van der Waals surface area contributed by atoms with E-state index in [2.05, 4.69) is 20.6 Å². The minimum atomic E-state index is -0.532. The fourth-order valence-corrected chi connectivity index (χ4v) is 7.54. The lowest BCUT2D eigenvalue weighted by atomic mass is 10.1. The molecule has 0 saturated carbocycles. The number of likely N-dealkylation sites (N-methyl/N-ethyl adjacent to an activating group) is 3. The first kappa shape index (κ1) is 43.2. The van der Waals surface area contributed by atoms with E-state index in [0.29, 0.717) is 37.6 Å². The van der Waals surface area contributed by atoms with E-state index in [0.717, 1.165) is 79.7 Å². The van der Waals surface area contributed by atoms with Crippen molar-refractivity contribution in [2.24, 2.45) is 5.73 Å². The summed E-state index contributed by atoms with van der Waals surface area (Å²) < 4.78 is 11.8. The molecule has 2 aliphatic rings. The summed E-state index contributed by atoms with van der Waals surface area (Å²) in [6.45, 7) is 4.79. The van der Waals surface area contributed by atoms with Gasteiger partial charge >= 0.3 is 0 Å². The average Bonchev–Trinajstić information content (AvgIpc) is 3.62. The van der Waals surface area contributed by atoms with Crippen LogP contribution in [0.5, 0.6) is 0 Å². The average molecular weight is 837 g/mol. The number of amides is 4. The molecular weight excluding hydrogens is 785 g/mol. The molecule has 0 aliphatic carbocycles. The third kappa shape index (κ3) is 9.83. The van der Waals surface area contributed by atoms with Crippen molar-refractivity contribution in [2.75, 3.05) is 38.8 Å². The third-order valence-electron chi connectivity index (χ3n) is 11.4. The van der Waals surface area contributed by atoms with E-state index < -0.39 is 6.04 Å². The molecule has 2 aromatic carbocycles. The number of carbonyl (C=O) groups is 4. The minimum absolute atomic E-state index is 0.0396. The van der Waals surface area contributed by atoms with Crippen molar-refractivity contribution in [3.8, 4) is 0 Å². The lowest BCUT2D eigenvalue weighted by molar-refractivity contribution is -0.126. The van der Waals surface area contributed by atoms with Gasteiger partial charge in [-0.3, -0.25) is 24.1 Å². The van der Waals surface area contributed by atoms with Crippen LogP contribution in [0, 0.1) is 13.8 Å². The highest BCUT2D eigenvalue weighted by molar-refractivity contribution is 5.97. The predicted molar refractivity (Wildman–Crippen MR) is 241 cm³/mol. The number of anilines is 2. The molecule has 62 heavy (non-hydrogen) atoms. The summed E-state index contributed by atoms with van der Waals surface area (Å²) in [6, 6.07) is 18.9. The van der Waals surface area contributed by atoms with E-state index in [9.17, 15) is 19.2 Å². The van der Waals surface area contributed by atoms with E-state index in [1.54, 1.807) is 54.5 Å². The van der Waals surface area contributed by atoms with Crippen LogP contribution in [0.4, 0.5) is 11.6 Å². The maximum absolute atomic E-state index is 12.7. The van der Waals surface area contributed by atoms with E-state index in [1.807, 2.05) is 93.5 Å². The number of rotatable bonds is 9. The summed E-state index contributed by atoms with van der Waals surface area (Å²) in [6.07, 6.45) is 12.5. The Morgan fingerprint density at radius 2 is 1.16 bits per heavy atom. The molecule has 2 atom stereocenters. The van der Waals surface area contributed by atoms with Gasteiger partial charge in [-0.2, -0.15) is 0 Å². The number of carbonyl (C=O) groups excluding carboxylic acids is 4. The zero-order valence-electron chi connectivity index (χ0n) is 35.9. The first-order valence-electron chi connectivity index (χ1n) is 20.6. The molecule has 6 heterocycles. The first-order valence-corrected chi connectivity index (χ1v) is 20.6. The van der Waals surface area contributed by atoms with Gasteiger partial charge in [-0.1, -0.05) is 36.4 Å². The van der Waals surface area contributed by atoms with Gasteiger partial charge in [0.25, 0.3) is 0 Å². The number of hydrogen-bond donors (Lipinski definition) is 3. The van der Waals surface area contributed by atoms with E-state index in [1.165, 1.54) is 6.08 Å². The molecule has 8 rings (SSSR count). The Balaban J connectivity index is 0.000000187. The van der Waals surface area contributed by atoms with Crippen molar-refractivity contribution >= 4 is 69.4 Å². The Labute approximate surface area is 360 Å². The number of nitrogens with two attached hydrogens (primary N) is 1. The normalized spacial score (nSPS) is 16.3. The van der Waals surface area contributed by atoms with Gasteiger partial charge in [-0.15, -0.1) is 0 Å². The topological polar surface area (TPSA) is 180 Å².